The van der Waals surface area contributed by atoms with Crippen LogP contribution >= 0.6 is 23.2 Å². The van der Waals surface area contributed by atoms with E-state index in [4.69, 9.17) is 32.7 Å². The lowest BCUT2D eigenvalue weighted by molar-refractivity contribution is -0.115. The molecular weight excluding hydrogens is 339 g/mol. The molecule has 2 aliphatic rings. The largest absolute Gasteiger partial charge is 0.369 e. The van der Waals surface area contributed by atoms with Crippen LogP contribution in [-0.4, -0.2) is 15.1 Å². The highest BCUT2D eigenvalue weighted by Crippen LogP contribution is 2.39. The predicted molar refractivity (Wildman–Crippen MR) is 86.2 cm³/mol. The van der Waals surface area contributed by atoms with Crippen molar-refractivity contribution >= 4 is 23.2 Å². The molecule has 7 heteroatoms. The first-order chi connectivity index (χ1) is 11.0. The van der Waals surface area contributed by atoms with Crippen molar-refractivity contribution < 1.29 is 14.6 Å². The third-order valence-electron chi connectivity index (χ3n) is 3.91. The molecule has 0 saturated carbocycles. The van der Waals surface area contributed by atoms with E-state index in [0.29, 0.717) is 16.9 Å². The van der Waals surface area contributed by atoms with Gasteiger partial charge in [-0.2, -0.15) is 0 Å². The molecule has 1 N–H and O–H groups in total. The van der Waals surface area contributed by atoms with Gasteiger partial charge in [0.15, 0.2) is 6.29 Å². The van der Waals surface area contributed by atoms with Crippen LogP contribution in [-0.2, 0) is 16.1 Å². The van der Waals surface area contributed by atoms with Gasteiger partial charge in [0, 0.05) is 29.1 Å². The molecule has 0 bridgehead atoms. The molecule has 122 valence electrons. The van der Waals surface area contributed by atoms with Crippen molar-refractivity contribution in [3.63, 3.8) is 0 Å². The van der Waals surface area contributed by atoms with Crippen LogP contribution in [0.3, 0.4) is 0 Å². The predicted octanol–water partition coefficient (Wildman–Crippen LogP) is 4.14. The van der Waals surface area contributed by atoms with Gasteiger partial charge in [-0.3, -0.25) is 0 Å². The van der Waals surface area contributed by atoms with E-state index in [1.807, 2.05) is 19.9 Å². The molecule has 0 fully saturated rings. The second-order valence-electron chi connectivity index (χ2n) is 5.36. The van der Waals surface area contributed by atoms with Crippen molar-refractivity contribution in [1.82, 2.24) is 9.97 Å². The van der Waals surface area contributed by atoms with Crippen molar-refractivity contribution in [2.24, 2.45) is 0 Å². The average Bonchev–Trinajstić information content (AvgIpc) is 3.03. The lowest BCUT2D eigenvalue weighted by Gasteiger charge is -2.03. The average molecular weight is 355 g/mol. The molecule has 2 aromatic heterocycles. The maximum atomic E-state index is 9.37. The summed E-state index contributed by atoms with van der Waals surface area (Å²) >= 11 is 11.7. The molecule has 0 aliphatic carbocycles. The summed E-state index contributed by atoms with van der Waals surface area (Å²) < 4.78 is 10.5. The first-order valence-electron chi connectivity index (χ1n) is 7.21. The maximum Gasteiger partial charge on any atom is 0.182 e. The van der Waals surface area contributed by atoms with Gasteiger partial charge in [0.2, 0.25) is 0 Å². The van der Waals surface area contributed by atoms with E-state index in [0.717, 1.165) is 22.3 Å². The summed E-state index contributed by atoms with van der Waals surface area (Å²) in [5.41, 5.74) is 3.74. The summed E-state index contributed by atoms with van der Waals surface area (Å²) in [6.45, 7) is 4.49. The fourth-order valence-corrected chi connectivity index (χ4v) is 3.40. The monoisotopic (exact) mass is 354 g/mol. The Morgan fingerprint density at radius 1 is 1.04 bits per heavy atom. The Kier molecular flexibility index (Phi) is 4.85. The molecule has 2 aromatic rings. The third kappa shape index (κ3) is 3.20. The van der Waals surface area contributed by atoms with Crippen LogP contribution in [0.5, 0.6) is 0 Å². The molecule has 0 amide bonds. The van der Waals surface area contributed by atoms with E-state index in [2.05, 4.69) is 9.97 Å². The molecule has 0 radical (unpaired) electrons. The Balaban J connectivity index is 0.000000136. The quantitative estimate of drug-likeness (QED) is 0.720. The fraction of sp³-hybridized carbons (Fsp3) is 0.375. The number of halogens is 2. The molecule has 3 unspecified atom stereocenters. The summed E-state index contributed by atoms with van der Waals surface area (Å²) in [4.78, 5) is 7.90. The summed E-state index contributed by atoms with van der Waals surface area (Å²) in [6.07, 6.45) is 2.35. The standard InChI is InChI=1S/C8H8ClNO2.C8H8ClNO/c1-4-6-5(8(11)12-4)2-3-10-7(6)9;1-5-7-6(4-11-5)2-3-10-8(7)9/h2-4,8,11H,1H3;2-3,5H,4H2,1H3. The lowest BCUT2D eigenvalue weighted by atomic mass is 10.1. The zero-order chi connectivity index (χ0) is 16.6. The zero-order valence-electron chi connectivity index (χ0n) is 12.7. The number of hydrogen-bond donors (Lipinski definition) is 1. The van der Waals surface area contributed by atoms with Gasteiger partial charge in [-0.25, -0.2) is 9.97 Å². The summed E-state index contributed by atoms with van der Waals surface area (Å²) in [5, 5.41) is 10.4. The zero-order valence-corrected chi connectivity index (χ0v) is 14.2. The minimum Gasteiger partial charge on any atom is -0.369 e. The number of nitrogens with zero attached hydrogens (tertiary/aromatic N) is 2. The first kappa shape index (κ1) is 16.6. The van der Waals surface area contributed by atoms with Gasteiger partial charge in [0.05, 0.1) is 18.8 Å². The van der Waals surface area contributed by atoms with Crippen molar-refractivity contribution in [2.45, 2.75) is 39.0 Å². The SMILES string of the molecule is CC1OC(O)c2ccnc(Cl)c21.CC1OCc2ccnc(Cl)c21. The molecule has 0 saturated heterocycles. The molecule has 4 heterocycles. The van der Waals surface area contributed by atoms with Gasteiger partial charge in [-0.1, -0.05) is 23.2 Å². The number of aliphatic hydroxyl groups is 1. The van der Waals surface area contributed by atoms with E-state index >= 15 is 0 Å². The van der Waals surface area contributed by atoms with E-state index in [1.54, 1.807) is 18.5 Å². The van der Waals surface area contributed by atoms with Crippen molar-refractivity contribution in [3.05, 3.63) is 57.1 Å². The number of aromatic nitrogens is 2. The van der Waals surface area contributed by atoms with Gasteiger partial charge >= 0.3 is 0 Å². The highest BCUT2D eigenvalue weighted by Gasteiger charge is 2.29. The van der Waals surface area contributed by atoms with E-state index in [-0.39, 0.29) is 12.2 Å². The van der Waals surface area contributed by atoms with E-state index in [1.165, 1.54) is 0 Å². The maximum absolute atomic E-state index is 9.37. The van der Waals surface area contributed by atoms with Crippen LogP contribution in [0.15, 0.2) is 24.5 Å². The van der Waals surface area contributed by atoms with Crippen LogP contribution < -0.4 is 0 Å². The summed E-state index contributed by atoms with van der Waals surface area (Å²) in [6, 6.07) is 3.67. The summed E-state index contributed by atoms with van der Waals surface area (Å²) in [5.74, 6) is 0. The van der Waals surface area contributed by atoms with Crippen LogP contribution in [0, 0.1) is 0 Å². The van der Waals surface area contributed by atoms with Crippen LogP contribution in [0.2, 0.25) is 10.3 Å². The lowest BCUT2D eigenvalue weighted by Crippen LogP contribution is -1.92. The topological polar surface area (TPSA) is 64.5 Å². The van der Waals surface area contributed by atoms with Gasteiger partial charge < -0.3 is 14.6 Å². The van der Waals surface area contributed by atoms with Crippen LogP contribution in [0.1, 0.15) is 54.6 Å². The number of rotatable bonds is 0. The number of aliphatic hydroxyl groups excluding tert-OH is 1. The molecule has 0 aromatic carbocycles. The van der Waals surface area contributed by atoms with Crippen LogP contribution in [0.25, 0.3) is 0 Å². The van der Waals surface area contributed by atoms with Crippen molar-refractivity contribution in [1.29, 1.82) is 0 Å². The first-order valence-corrected chi connectivity index (χ1v) is 7.97. The second kappa shape index (κ2) is 6.71. The third-order valence-corrected chi connectivity index (χ3v) is 4.51. The number of ether oxygens (including phenoxy) is 2. The molecule has 3 atom stereocenters. The Labute approximate surface area is 144 Å². The number of hydrogen-bond acceptors (Lipinski definition) is 5. The Bertz CT molecular complexity index is 726. The summed E-state index contributed by atoms with van der Waals surface area (Å²) in [7, 11) is 0. The Hall–Kier alpha value is -1.24. The molecular formula is C16H16Cl2N2O3. The fourth-order valence-electron chi connectivity index (χ4n) is 2.75. The molecule has 4 rings (SSSR count). The minimum atomic E-state index is -0.851. The normalized spacial score (nSPS) is 24.7. The second-order valence-corrected chi connectivity index (χ2v) is 6.08. The van der Waals surface area contributed by atoms with E-state index in [9.17, 15) is 5.11 Å². The highest BCUT2D eigenvalue weighted by atomic mass is 35.5. The van der Waals surface area contributed by atoms with Crippen molar-refractivity contribution in [2.75, 3.05) is 0 Å². The van der Waals surface area contributed by atoms with Gasteiger partial charge in [-0.15, -0.1) is 0 Å². The van der Waals surface area contributed by atoms with Crippen molar-refractivity contribution in [3.8, 4) is 0 Å². The van der Waals surface area contributed by atoms with Gasteiger partial charge in [0.25, 0.3) is 0 Å². The Morgan fingerprint density at radius 2 is 1.70 bits per heavy atom. The Morgan fingerprint density at radius 3 is 2.35 bits per heavy atom. The number of pyridine rings is 2. The smallest absolute Gasteiger partial charge is 0.182 e. The van der Waals surface area contributed by atoms with Gasteiger partial charge in [-0.05, 0) is 31.5 Å². The molecule has 0 spiro atoms. The minimum absolute atomic E-state index is 0.103. The van der Waals surface area contributed by atoms with Crippen LogP contribution in [0.4, 0.5) is 0 Å². The molecule has 5 nitrogen and oxygen atoms in total. The van der Waals surface area contributed by atoms with Gasteiger partial charge in [0.1, 0.15) is 10.3 Å². The number of fused-ring (bicyclic) bond motifs is 2. The van der Waals surface area contributed by atoms with E-state index < -0.39 is 6.29 Å². The molecule has 23 heavy (non-hydrogen) atoms. The highest BCUT2D eigenvalue weighted by molar-refractivity contribution is 6.30. The molecule has 2 aliphatic heterocycles.